The third-order valence-electron chi connectivity index (χ3n) is 2.70. The zero-order valence-electron chi connectivity index (χ0n) is 11.2. The van der Waals surface area contributed by atoms with Crippen molar-refractivity contribution < 1.29 is 14.4 Å². The first-order valence-electron chi connectivity index (χ1n) is 6.17. The predicted octanol–water partition coefficient (Wildman–Crippen LogP) is 2.93. The quantitative estimate of drug-likeness (QED) is 0.460. The van der Waals surface area contributed by atoms with E-state index < -0.39 is 0 Å². The van der Waals surface area contributed by atoms with Gasteiger partial charge in [0, 0.05) is 11.1 Å². The first kappa shape index (κ1) is 13.8. The Bertz CT molecular complexity index is 576. The number of aldehydes is 1. The van der Waals surface area contributed by atoms with Crippen LogP contribution in [0.2, 0.25) is 0 Å². The lowest BCUT2D eigenvalue weighted by molar-refractivity contribution is 0.112. The van der Waals surface area contributed by atoms with Crippen LogP contribution in [-0.2, 0) is 4.84 Å². The SMILES string of the molecule is CO/N=C(\COc1ccc(C=O)cc1)c1ccccc1. The number of carbonyl (C=O) groups excluding carboxylic acids is 1. The second-order valence-electron chi connectivity index (χ2n) is 4.06. The fraction of sp³-hybridized carbons (Fsp3) is 0.125. The van der Waals surface area contributed by atoms with Crippen molar-refractivity contribution in [3.63, 3.8) is 0 Å². The Morgan fingerprint density at radius 3 is 2.40 bits per heavy atom. The monoisotopic (exact) mass is 269 g/mol. The molecule has 4 heteroatoms. The van der Waals surface area contributed by atoms with E-state index in [4.69, 9.17) is 9.57 Å². The van der Waals surface area contributed by atoms with Gasteiger partial charge in [-0.2, -0.15) is 0 Å². The van der Waals surface area contributed by atoms with Gasteiger partial charge in [0.05, 0.1) is 0 Å². The van der Waals surface area contributed by atoms with E-state index in [1.54, 1.807) is 24.3 Å². The lowest BCUT2D eigenvalue weighted by atomic mass is 10.1. The largest absolute Gasteiger partial charge is 0.487 e. The molecule has 0 saturated carbocycles. The standard InChI is InChI=1S/C16H15NO3/c1-19-17-16(14-5-3-2-4-6-14)12-20-15-9-7-13(11-18)8-10-15/h2-11H,12H2,1H3/b17-16+. The van der Waals surface area contributed by atoms with Gasteiger partial charge >= 0.3 is 0 Å². The summed E-state index contributed by atoms with van der Waals surface area (Å²) >= 11 is 0. The minimum Gasteiger partial charge on any atom is -0.487 e. The lowest BCUT2D eigenvalue weighted by Crippen LogP contribution is -2.13. The Kier molecular flexibility index (Phi) is 4.89. The van der Waals surface area contributed by atoms with Gasteiger partial charge in [-0.25, -0.2) is 0 Å². The minimum absolute atomic E-state index is 0.290. The Hall–Kier alpha value is -2.62. The molecule has 2 aromatic carbocycles. The van der Waals surface area contributed by atoms with Gasteiger partial charge in [-0.05, 0) is 24.3 Å². The molecule has 2 aromatic rings. The van der Waals surface area contributed by atoms with Crippen LogP contribution in [0.15, 0.2) is 59.8 Å². The van der Waals surface area contributed by atoms with Gasteiger partial charge in [0.15, 0.2) is 0 Å². The fourth-order valence-electron chi connectivity index (χ4n) is 1.70. The van der Waals surface area contributed by atoms with Crippen LogP contribution in [0, 0.1) is 0 Å². The van der Waals surface area contributed by atoms with Crippen molar-refractivity contribution in [1.82, 2.24) is 0 Å². The van der Waals surface area contributed by atoms with E-state index in [0.29, 0.717) is 17.0 Å². The Morgan fingerprint density at radius 2 is 1.80 bits per heavy atom. The Balaban J connectivity index is 2.06. The summed E-state index contributed by atoms with van der Waals surface area (Å²) in [6, 6.07) is 16.6. The van der Waals surface area contributed by atoms with Gasteiger partial charge in [0.1, 0.15) is 31.5 Å². The van der Waals surface area contributed by atoms with Crippen molar-refractivity contribution >= 4 is 12.0 Å². The van der Waals surface area contributed by atoms with Crippen LogP contribution in [0.1, 0.15) is 15.9 Å². The number of carbonyl (C=O) groups is 1. The summed E-state index contributed by atoms with van der Waals surface area (Å²) in [6.07, 6.45) is 0.797. The zero-order chi connectivity index (χ0) is 14.2. The van der Waals surface area contributed by atoms with Crippen LogP contribution in [-0.4, -0.2) is 25.7 Å². The maximum Gasteiger partial charge on any atom is 0.150 e. The van der Waals surface area contributed by atoms with Crippen LogP contribution >= 0.6 is 0 Å². The average Bonchev–Trinajstić information content (AvgIpc) is 2.53. The maximum absolute atomic E-state index is 10.6. The van der Waals surface area contributed by atoms with E-state index >= 15 is 0 Å². The van der Waals surface area contributed by atoms with Crippen LogP contribution in [0.3, 0.4) is 0 Å². The number of hydrogen-bond donors (Lipinski definition) is 0. The number of ether oxygens (including phenoxy) is 1. The maximum atomic E-state index is 10.6. The average molecular weight is 269 g/mol. The summed E-state index contributed by atoms with van der Waals surface area (Å²) in [6.45, 7) is 0.290. The van der Waals surface area contributed by atoms with Crippen molar-refractivity contribution in [3.8, 4) is 5.75 Å². The third kappa shape index (κ3) is 3.68. The molecule has 0 spiro atoms. The first-order valence-corrected chi connectivity index (χ1v) is 6.17. The van der Waals surface area contributed by atoms with E-state index in [0.717, 1.165) is 11.8 Å². The molecule has 0 aliphatic rings. The number of rotatable bonds is 6. The van der Waals surface area contributed by atoms with Crippen molar-refractivity contribution in [1.29, 1.82) is 0 Å². The molecule has 4 nitrogen and oxygen atoms in total. The normalized spacial score (nSPS) is 10.9. The Labute approximate surface area is 117 Å². The molecule has 0 aliphatic carbocycles. The summed E-state index contributed by atoms with van der Waals surface area (Å²) in [5.74, 6) is 0.676. The van der Waals surface area contributed by atoms with E-state index in [9.17, 15) is 4.79 Å². The molecule has 20 heavy (non-hydrogen) atoms. The smallest absolute Gasteiger partial charge is 0.150 e. The van der Waals surface area contributed by atoms with Gasteiger partial charge < -0.3 is 9.57 Å². The Morgan fingerprint density at radius 1 is 1.10 bits per heavy atom. The van der Waals surface area contributed by atoms with Gasteiger partial charge in [0.25, 0.3) is 0 Å². The van der Waals surface area contributed by atoms with Gasteiger partial charge in [-0.15, -0.1) is 0 Å². The molecule has 0 aromatic heterocycles. The molecule has 102 valence electrons. The molecular weight excluding hydrogens is 254 g/mol. The van der Waals surface area contributed by atoms with Crippen LogP contribution in [0.4, 0.5) is 0 Å². The summed E-state index contributed by atoms with van der Waals surface area (Å²) in [5.41, 5.74) is 2.26. The van der Waals surface area contributed by atoms with Crippen molar-refractivity contribution in [2.75, 3.05) is 13.7 Å². The molecule has 0 atom stereocenters. The van der Waals surface area contributed by atoms with Gasteiger partial charge in [-0.3, -0.25) is 4.79 Å². The molecule has 0 N–H and O–H groups in total. The van der Waals surface area contributed by atoms with E-state index in [-0.39, 0.29) is 6.61 Å². The predicted molar refractivity (Wildman–Crippen MR) is 77.3 cm³/mol. The third-order valence-corrected chi connectivity index (χ3v) is 2.70. The number of oxime groups is 1. The van der Waals surface area contributed by atoms with Crippen LogP contribution in [0.25, 0.3) is 0 Å². The van der Waals surface area contributed by atoms with Gasteiger partial charge in [-0.1, -0.05) is 35.5 Å². The first-order chi connectivity index (χ1) is 9.83. The highest BCUT2D eigenvalue weighted by atomic mass is 16.6. The van der Waals surface area contributed by atoms with Crippen molar-refractivity contribution in [2.45, 2.75) is 0 Å². The zero-order valence-corrected chi connectivity index (χ0v) is 11.2. The molecule has 0 radical (unpaired) electrons. The van der Waals surface area contributed by atoms with E-state index in [1.165, 1.54) is 7.11 Å². The summed E-state index contributed by atoms with van der Waals surface area (Å²) < 4.78 is 5.65. The summed E-state index contributed by atoms with van der Waals surface area (Å²) in [7, 11) is 1.50. The van der Waals surface area contributed by atoms with Crippen LogP contribution < -0.4 is 4.74 Å². The molecule has 2 rings (SSSR count). The molecule has 0 unspecified atom stereocenters. The number of nitrogens with zero attached hydrogens (tertiary/aromatic N) is 1. The molecule has 0 saturated heterocycles. The van der Waals surface area contributed by atoms with Gasteiger partial charge in [0.2, 0.25) is 0 Å². The van der Waals surface area contributed by atoms with Crippen LogP contribution in [0.5, 0.6) is 5.75 Å². The topological polar surface area (TPSA) is 47.9 Å². The van der Waals surface area contributed by atoms with E-state index in [2.05, 4.69) is 5.16 Å². The number of hydrogen-bond acceptors (Lipinski definition) is 4. The molecule has 0 amide bonds. The van der Waals surface area contributed by atoms with Crippen molar-refractivity contribution in [2.24, 2.45) is 5.16 Å². The molecule has 0 heterocycles. The second-order valence-corrected chi connectivity index (χ2v) is 4.06. The summed E-state index contributed by atoms with van der Waals surface area (Å²) in [4.78, 5) is 15.4. The van der Waals surface area contributed by atoms with Crippen molar-refractivity contribution in [3.05, 3.63) is 65.7 Å². The van der Waals surface area contributed by atoms with E-state index in [1.807, 2.05) is 30.3 Å². The fourth-order valence-corrected chi connectivity index (χ4v) is 1.70. The lowest BCUT2D eigenvalue weighted by Gasteiger charge is -2.08. The molecule has 0 aliphatic heterocycles. The second kappa shape index (κ2) is 7.09. The summed E-state index contributed by atoms with van der Waals surface area (Å²) in [5, 5.41) is 3.98. The number of benzene rings is 2. The molecular formula is C16H15NO3. The highest BCUT2D eigenvalue weighted by Crippen LogP contribution is 2.12. The highest BCUT2D eigenvalue weighted by molar-refractivity contribution is 6.01. The molecule has 0 bridgehead atoms. The minimum atomic E-state index is 0.290. The highest BCUT2D eigenvalue weighted by Gasteiger charge is 2.05. The molecule has 0 fully saturated rings.